The third-order valence-electron chi connectivity index (χ3n) is 4.79. The number of nitrogens with one attached hydrogen (secondary N) is 1. The van der Waals surface area contributed by atoms with Crippen molar-refractivity contribution in [2.45, 2.75) is 57.7 Å². The van der Waals surface area contributed by atoms with Gasteiger partial charge in [0.2, 0.25) is 0 Å². The van der Waals surface area contributed by atoms with E-state index >= 15 is 0 Å². The topological polar surface area (TPSA) is 61.8 Å². The van der Waals surface area contributed by atoms with Gasteiger partial charge in [0.15, 0.2) is 0 Å². The number of benzene rings is 1. The van der Waals surface area contributed by atoms with Gasteiger partial charge in [-0.3, -0.25) is 0 Å². The van der Waals surface area contributed by atoms with Gasteiger partial charge in [-0.1, -0.05) is 30.4 Å². The molecule has 3 rings (SSSR count). The number of fused-ring (bicyclic) bond motifs is 1. The van der Waals surface area contributed by atoms with Crippen LogP contribution in [0.2, 0.25) is 0 Å². The van der Waals surface area contributed by atoms with Crippen molar-refractivity contribution in [3.8, 4) is 0 Å². The van der Waals surface area contributed by atoms with E-state index in [0.717, 1.165) is 17.2 Å². The van der Waals surface area contributed by atoms with Crippen molar-refractivity contribution in [1.29, 1.82) is 0 Å². The molecule has 0 saturated heterocycles. The Morgan fingerprint density at radius 2 is 2.00 bits per heavy atom. The second kappa shape index (κ2) is 7.74. The van der Waals surface area contributed by atoms with E-state index in [4.69, 9.17) is 4.74 Å². The molecule has 29 heavy (non-hydrogen) atoms. The Morgan fingerprint density at radius 1 is 1.28 bits per heavy atom. The molecule has 2 N–H and O–H groups in total. The SMILES string of the molecule is CC(C)(C)OC(=O)N1CCc2ccc(C(O)C3=CNC(C(F)(F)F)C=C3)cc2C1. The molecule has 0 radical (unpaired) electrons. The third-order valence-corrected chi connectivity index (χ3v) is 4.79. The van der Waals surface area contributed by atoms with E-state index in [0.29, 0.717) is 30.6 Å². The van der Waals surface area contributed by atoms with E-state index in [1.165, 1.54) is 12.3 Å². The van der Waals surface area contributed by atoms with Gasteiger partial charge in [0.05, 0.1) is 0 Å². The predicted molar refractivity (Wildman–Crippen MR) is 102 cm³/mol. The van der Waals surface area contributed by atoms with E-state index in [-0.39, 0.29) is 0 Å². The number of rotatable bonds is 2. The van der Waals surface area contributed by atoms with Gasteiger partial charge >= 0.3 is 12.3 Å². The molecule has 2 aliphatic heterocycles. The minimum absolute atomic E-state index is 0.338. The highest BCUT2D eigenvalue weighted by Gasteiger charge is 2.38. The summed E-state index contributed by atoms with van der Waals surface area (Å²) in [4.78, 5) is 13.9. The van der Waals surface area contributed by atoms with Gasteiger partial charge in [-0.25, -0.2) is 4.79 Å². The average molecular weight is 410 g/mol. The van der Waals surface area contributed by atoms with E-state index in [2.05, 4.69) is 5.32 Å². The fourth-order valence-electron chi connectivity index (χ4n) is 3.29. The van der Waals surface area contributed by atoms with Gasteiger partial charge < -0.3 is 20.1 Å². The van der Waals surface area contributed by atoms with Gasteiger partial charge in [0.1, 0.15) is 17.7 Å². The monoisotopic (exact) mass is 410 g/mol. The summed E-state index contributed by atoms with van der Waals surface area (Å²) in [5.41, 5.74) is 2.27. The molecule has 1 aromatic rings. The predicted octanol–water partition coefficient (Wildman–Crippen LogP) is 3.99. The molecular weight excluding hydrogens is 385 g/mol. The first-order valence-electron chi connectivity index (χ1n) is 9.43. The van der Waals surface area contributed by atoms with Crippen LogP contribution in [-0.2, 0) is 17.7 Å². The lowest BCUT2D eigenvalue weighted by molar-refractivity contribution is -0.142. The Morgan fingerprint density at radius 3 is 2.59 bits per heavy atom. The number of amides is 1. The molecule has 0 aromatic heterocycles. The molecule has 0 aliphatic carbocycles. The molecule has 0 spiro atoms. The Kier molecular flexibility index (Phi) is 5.67. The zero-order valence-electron chi connectivity index (χ0n) is 16.6. The Labute approximate surface area is 167 Å². The maximum absolute atomic E-state index is 12.7. The van der Waals surface area contributed by atoms with Gasteiger partial charge in [-0.15, -0.1) is 0 Å². The Hall–Kier alpha value is -2.48. The lowest BCUT2D eigenvalue weighted by atomic mass is 9.93. The molecule has 2 heterocycles. The van der Waals surface area contributed by atoms with Gasteiger partial charge in [0, 0.05) is 24.9 Å². The number of alkyl halides is 3. The highest BCUT2D eigenvalue weighted by molar-refractivity contribution is 5.68. The van der Waals surface area contributed by atoms with Crippen molar-refractivity contribution in [3.63, 3.8) is 0 Å². The minimum atomic E-state index is -4.39. The van der Waals surface area contributed by atoms with Crippen molar-refractivity contribution in [3.05, 3.63) is 58.8 Å². The molecule has 2 unspecified atom stereocenters. The molecule has 2 aliphatic rings. The zero-order chi connectivity index (χ0) is 21.4. The third kappa shape index (κ3) is 5.12. The molecule has 0 bridgehead atoms. The molecule has 0 fully saturated rings. The minimum Gasteiger partial charge on any atom is -0.444 e. The summed E-state index contributed by atoms with van der Waals surface area (Å²) < 4.78 is 43.6. The molecule has 2 atom stereocenters. The van der Waals surface area contributed by atoms with Gasteiger partial charge in [-0.05, 0) is 43.9 Å². The van der Waals surface area contributed by atoms with Crippen LogP contribution in [0.1, 0.15) is 43.6 Å². The van der Waals surface area contributed by atoms with Crippen LogP contribution >= 0.6 is 0 Å². The van der Waals surface area contributed by atoms with Crippen LogP contribution < -0.4 is 5.32 Å². The van der Waals surface area contributed by atoms with Crippen LogP contribution in [0.3, 0.4) is 0 Å². The van der Waals surface area contributed by atoms with Crippen LogP contribution in [0, 0.1) is 0 Å². The number of carbonyl (C=O) groups excluding carboxylic acids is 1. The van der Waals surface area contributed by atoms with E-state index in [1.807, 2.05) is 6.07 Å². The van der Waals surface area contributed by atoms with E-state index < -0.39 is 30.0 Å². The number of halogens is 3. The van der Waals surface area contributed by atoms with Gasteiger partial charge in [-0.2, -0.15) is 13.2 Å². The molecule has 0 saturated carbocycles. The number of dihydropyridines is 1. The molecule has 1 amide bonds. The van der Waals surface area contributed by atoms with E-state index in [1.54, 1.807) is 37.8 Å². The summed E-state index contributed by atoms with van der Waals surface area (Å²) in [6.45, 7) is 6.31. The normalized spacial score (nSPS) is 20.4. The standard InChI is InChI=1S/C21H25F3N2O3/c1-20(2,3)29-19(28)26-9-8-13-4-5-14(10-16(13)12-26)18(27)15-6-7-17(25-11-15)21(22,23)24/h4-7,10-11,17-18,25,27H,8-9,12H2,1-3H3. The van der Waals surface area contributed by atoms with E-state index in [9.17, 15) is 23.1 Å². The second-order valence-corrected chi connectivity index (χ2v) is 8.27. The van der Waals surface area contributed by atoms with Gasteiger partial charge in [0.25, 0.3) is 0 Å². The first-order valence-corrected chi connectivity index (χ1v) is 9.43. The molecule has 8 heteroatoms. The number of carbonyl (C=O) groups is 1. The van der Waals surface area contributed by atoms with Crippen LogP contribution in [0.15, 0.2) is 42.1 Å². The number of nitrogens with zero attached hydrogens (tertiary/aromatic N) is 1. The zero-order valence-corrected chi connectivity index (χ0v) is 16.6. The quantitative estimate of drug-likeness (QED) is 0.774. The largest absolute Gasteiger partial charge is 0.444 e. The molecular formula is C21H25F3N2O3. The summed E-state index contributed by atoms with van der Waals surface area (Å²) in [6, 6.07) is 3.68. The van der Waals surface area contributed by atoms with Crippen molar-refractivity contribution in [2.24, 2.45) is 0 Å². The van der Waals surface area contributed by atoms with Crippen LogP contribution in [0.5, 0.6) is 0 Å². The fraction of sp³-hybridized carbons (Fsp3) is 0.476. The summed E-state index contributed by atoms with van der Waals surface area (Å²) >= 11 is 0. The summed E-state index contributed by atoms with van der Waals surface area (Å²) in [6.07, 6.45) is -1.73. The molecule has 158 valence electrons. The highest BCUT2D eigenvalue weighted by Crippen LogP contribution is 2.30. The summed E-state index contributed by atoms with van der Waals surface area (Å²) in [5, 5.41) is 12.9. The number of aliphatic hydroxyl groups is 1. The highest BCUT2D eigenvalue weighted by atomic mass is 19.4. The average Bonchev–Trinajstić information content (AvgIpc) is 2.64. The Balaban J connectivity index is 1.72. The molecule has 5 nitrogen and oxygen atoms in total. The van der Waals surface area contributed by atoms with Crippen molar-refractivity contribution in [1.82, 2.24) is 10.2 Å². The van der Waals surface area contributed by atoms with Crippen LogP contribution in [-0.4, -0.2) is 40.5 Å². The smallest absolute Gasteiger partial charge is 0.412 e. The second-order valence-electron chi connectivity index (χ2n) is 8.27. The first-order chi connectivity index (χ1) is 13.4. The van der Waals surface area contributed by atoms with Crippen molar-refractivity contribution >= 4 is 6.09 Å². The van der Waals surface area contributed by atoms with Crippen molar-refractivity contribution in [2.75, 3.05) is 6.54 Å². The number of aliphatic hydroxyl groups excluding tert-OH is 1. The fourth-order valence-corrected chi connectivity index (χ4v) is 3.29. The maximum Gasteiger partial charge on any atom is 0.412 e. The van der Waals surface area contributed by atoms with Crippen LogP contribution in [0.25, 0.3) is 0 Å². The first kappa shape index (κ1) is 21.2. The molecule has 1 aromatic carbocycles. The van der Waals surface area contributed by atoms with Crippen LogP contribution in [0.4, 0.5) is 18.0 Å². The summed E-state index contributed by atoms with van der Waals surface area (Å²) in [5.74, 6) is 0. The number of hydrogen-bond acceptors (Lipinski definition) is 4. The maximum atomic E-state index is 12.7. The Bertz CT molecular complexity index is 841. The summed E-state index contributed by atoms with van der Waals surface area (Å²) in [7, 11) is 0. The number of ether oxygens (including phenoxy) is 1. The number of hydrogen-bond donors (Lipinski definition) is 2. The lowest BCUT2D eigenvalue weighted by Gasteiger charge is -2.31. The van der Waals surface area contributed by atoms with Crippen molar-refractivity contribution < 1.29 is 27.8 Å². The lowest BCUT2D eigenvalue weighted by Crippen LogP contribution is -2.40.